The molecule has 1 amide bonds. The smallest absolute Gasteiger partial charge is 0.329 e. The van der Waals surface area contributed by atoms with Crippen molar-refractivity contribution in [3.05, 3.63) is 46.4 Å². The molecule has 19 heavy (non-hydrogen) atoms. The van der Waals surface area contributed by atoms with Crippen LogP contribution in [0.4, 0.5) is 0 Å². The first-order valence-corrected chi connectivity index (χ1v) is 5.99. The maximum atomic E-state index is 12.3. The number of fused-ring (bicyclic) bond motifs is 1. The van der Waals surface area contributed by atoms with Gasteiger partial charge in [0.2, 0.25) is 0 Å². The first-order valence-electron chi connectivity index (χ1n) is 5.99. The molecule has 0 aliphatic carbocycles. The van der Waals surface area contributed by atoms with E-state index in [9.17, 15) is 9.59 Å². The third-order valence-corrected chi connectivity index (χ3v) is 3.21. The number of pyridine rings is 1. The minimum absolute atomic E-state index is 0.0857. The van der Waals surface area contributed by atoms with E-state index < -0.39 is 0 Å². The number of carbonyl (C=O) groups is 1. The Kier molecular flexibility index (Phi) is 2.66. The molecule has 98 valence electrons. The van der Waals surface area contributed by atoms with Crippen molar-refractivity contribution >= 4 is 5.91 Å². The summed E-state index contributed by atoms with van der Waals surface area (Å²) in [6, 6.07) is 3.46. The Morgan fingerprint density at radius 3 is 2.95 bits per heavy atom. The molecule has 7 heteroatoms. The van der Waals surface area contributed by atoms with Gasteiger partial charge in [-0.15, -0.1) is 0 Å². The number of amides is 1. The largest absolute Gasteiger partial charge is 0.345 e. The summed E-state index contributed by atoms with van der Waals surface area (Å²) in [6.07, 6.45) is 3.17. The minimum atomic E-state index is -0.136. The van der Waals surface area contributed by atoms with Gasteiger partial charge < -0.3 is 4.90 Å². The molecule has 0 spiro atoms. The van der Waals surface area contributed by atoms with Crippen LogP contribution in [0.1, 0.15) is 16.2 Å². The fraction of sp³-hybridized carbons (Fsp3) is 0.333. The highest BCUT2D eigenvalue weighted by molar-refractivity contribution is 5.93. The molecule has 1 aliphatic rings. The molecule has 1 aliphatic heterocycles. The Bertz CT molecular complexity index is 673. The van der Waals surface area contributed by atoms with Crippen molar-refractivity contribution in [2.75, 3.05) is 6.54 Å². The van der Waals surface area contributed by atoms with Crippen molar-refractivity contribution in [2.45, 2.75) is 13.1 Å². The Labute approximate surface area is 109 Å². The average molecular weight is 259 g/mol. The van der Waals surface area contributed by atoms with Crippen LogP contribution >= 0.6 is 0 Å². The SMILES string of the molecule is Cn1nc2n(c1=O)CCN(C(=O)c1cccnc1)C2. The fourth-order valence-corrected chi connectivity index (χ4v) is 2.21. The third kappa shape index (κ3) is 1.92. The van der Waals surface area contributed by atoms with Gasteiger partial charge in [-0.05, 0) is 12.1 Å². The molecule has 2 aromatic rings. The van der Waals surface area contributed by atoms with Gasteiger partial charge in [0.05, 0.1) is 12.1 Å². The molecule has 0 saturated heterocycles. The molecule has 2 aromatic heterocycles. The Balaban J connectivity index is 1.86. The second-order valence-corrected chi connectivity index (χ2v) is 4.44. The first-order chi connectivity index (χ1) is 9.16. The summed E-state index contributed by atoms with van der Waals surface area (Å²) < 4.78 is 2.90. The van der Waals surface area contributed by atoms with Crippen molar-refractivity contribution in [3.63, 3.8) is 0 Å². The zero-order valence-electron chi connectivity index (χ0n) is 10.5. The van der Waals surface area contributed by atoms with Crippen LogP contribution in [0.15, 0.2) is 29.3 Å². The van der Waals surface area contributed by atoms with E-state index >= 15 is 0 Å². The number of aryl methyl sites for hydroxylation is 1. The summed E-state index contributed by atoms with van der Waals surface area (Å²) in [5, 5.41) is 4.13. The van der Waals surface area contributed by atoms with Crippen LogP contribution in [-0.2, 0) is 20.1 Å². The van der Waals surface area contributed by atoms with Crippen LogP contribution in [-0.4, -0.2) is 36.7 Å². The number of hydrogen-bond donors (Lipinski definition) is 0. The lowest BCUT2D eigenvalue weighted by molar-refractivity contribution is 0.0706. The van der Waals surface area contributed by atoms with Gasteiger partial charge >= 0.3 is 5.69 Å². The molecular formula is C12H13N5O2. The third-order valence-electron chi connectivity index (χ3n) is 3.21. The summed E-state index contributed by atoms with van der Waals surface area (Å²) in [5.41, 5.74) is 0.415. The van der Waals surface area contributed by atoms with Crippen LogP contribution in [0, 0.1) is 0 Å². The molecule has 0 aromatic carbocycles. The molecule has 0 saturated carbocycles. The summed E-state index contributed by atoms with van der Waals surface area (Å²) in [6.45, 7) is 1.34. The van der Waals surface area contributed by atoms with Gasteiger partial charge in [0.1, 0.15) is 0 Å². The van der Waals surface area contributed by atoms with Crippen molar-refractivity contribution in [1.29, 1.82) is 0 Å². The second-order valence-electron chi connectivity index (χ2n) is 4.44. The maximum Gasteiger partial charge on any atom is 0.345 e. The van der Waals surface area contributed by atoms with Crippen LogP contribution < -0.4 is 5.69 Å². The van der Waals surface area contributed by atoms with E-state index in [2.05, 4.69) is 10.1 Å². The van der Waals surface area contributed by atoms with Crippen molar-refractivity contribution in [3.8, 4) is 0 Å². The Morgan fingerprint density at radius 1 is 1.37 bits per heavy atom. The van der Waals surface area contributed by atoms with E-state index in [1.54, 1.807) is 41.0 Å². The van der Waals surface area contributed by atoms with E-state index in [-0.39, 0.29) is 11.6 Å². The van der Waals surface area contributed by atoms with Gasteiger partial charge in [0.15, 0.2) is 5.82 Å². The Hall–Kier alpha value is -2.44. The standard InChI is InChI=1S/C12H13N5O2/c1-15-12(19)17-6-5-16(8-10(17)14-15)11(18)9-3-2-4-13-7-9/h2-4,7H,5-6,8H2,1H3. The van der Waals surface area contributed by atoms with Gasteiger partial charge in [0, 0.05) is 32.5 Å². The van der Waals surface area contributed by atoms with E-state index in [1.165, 1.54) is 4.68 Å². The molecule has 3 heterocycles. The number of aromatic nitrogens is 4. The van der Waals surface area contributed by atoms with Gasteiger partial charge in [-0.25, -0.2) is 9.48 Å². The van der Waals surface area contributed by atoms with Crippen molar-refractivity contribution in [2.24, 2.45) is 7.05 Å². The topological polar surface area (TPSA) is 73.0 Å². The average Bonchev–Trinajstić information content (AvgIpc) is 2.74. The molecule has 7 nitrogen and oxygen atoms in total. The Morgan fingerprint density at radius 2 is 2.21 bits per heavy atom. The lowest BCUT2D eigenvalue weighted by Crippen LogP contribution is -2.40. The van der Waals surface area contributed by atoms with E-state index in [0.717, 1.165) is 0 Å². The number of rotatable bonds is 1. The maximum absolute atomic E-state index is 12.3. The van der Waals surface area contributed by atoms with Gasteiger partial charge in [-0.2, -0.15) is 5.10 Å². The highest BCUT2D eigenvalue weighted by Crippen LogP contribution is 2.11. The quantitative estimate of drug-likeness (QED) is 0.700. The molecule has 0 bridgehead atoms. The normalized spacial score (nSPS) is 14.3. The van der Waals surface area contributed by atoms with Crippen molar-refractivity contribution in [1.82, 2.24) is 24.2 Å². The zero-order chi connectivity index (χ0) is 13.4. The minimum Gasteiger partial charge on any atom is -0.329 e. The van der Waals surface area contributed by atoms with Crippen LogP contribution in [0.3, 0.4) is 0 Å². The van der Waals surface area contributed by atoms with E-state index in [4.69, 9.17) is 0 Å². The number of carbonyl (C=O) groups excluding carboxylic acids is 1. The highest BCUT2D eigenvalue weighted by Gasteiger charge is 2.25. The summed E-state index contributed by atoms with van der Waals surface area (Å²) in [7, 11) is 1.61. The molecule has 0 N–H and O–H groups in total. The molecule has 0 unspecified atom stereocenters. The van der Waals surface area contributed by atoms with Gasteiger partial charge in [-0.1, -0.05) is 0 Å². The van der Waals surface area contributed by atoms with Gasteiger partial charge in [-0.3, -0.25) is 14.3 Å². The molecular weight excluding hydrogens is 246 g/mol. The molecule has 0 atom stereocenters. The number of nitrogens with zero attached hydrogens (tertiary/aromatic N) is 5. The van der Waals surface area contributed by atoms with Crippen LogP contribution in [0.2, 0.25) is 0 Å². The van der Waals surface area contributed by atoms with E-state index in [1.807, 2.05) is 0 Å². The molecule has 0 radical (unpaired) electrons. The highest BCUT2D eigenvalue weighted by atomic mass is 16.2. The fourth-order valence-electron chi connectivity index (χ4n) is 2.21. The summed E-state index contributed by atoms with van der Waals surface area (Å²) >= 11 is 0. The number of hydrogen-bond acceptors (Lipinski definition) is 4. The summed E-state index contributed by atoms with van der Waals surface area (Å²) in [5.74, 6) is 0.536. The van der Waals surface area contributed by atoms with Crippen molar-refractivity contribution < 1.29 is 4.79 Å². The van der Waals surface area contributed by atoms with Gasteiger partial charge in [0.25, 0.3) is 5.91 Å². The lowest BCUT2D eigenvalue weighted by Gasteiger charge is -2.26. The van der Waals surface area contributed by atoms with Crippen LogP contribution in [0.25, 0.3) is 0 Å². The monoisotopic (exact) mass is 259 g/mol. The molecule has 0 fully saturated rings. The second kappa shape index (κ2) is 4.34. The first kappa shape index (κ1) is 11.6. The predicted molar refractivity (Wildman–Crippen MR) is 66.4 cm³/mol. The summed E-state index contributed by atoms with van der Waals surface area (Å²) in [4.78, 5) is 29.6. The molecule has 3 rings (SSSR count). The van der Waals surface area contributed by atoms with E-state index in [0.29, 0.717) is 31.0 Å². The zero-order valence-corrected chi connectivity index (χ0v) is 10.5. The van der Waals surface area contributed by atoms with Crippen LogP contribution in [0.5, 0.6) is 0 Å². The lowest BCUT2D eigenvalue weighted by atomic mass is 10.2. The predicted octanol–water partition coefficient (Wildman–Crippen LogP) is -0.367.